The lowest BCUT2D eigenvalue weighted by molar-refractivity contribution is -0.151. The molecular formula is C32H84O10Si8. The molecule has 0 radical (unpaired) electrons. The van der Waals surface area contributed by atoms with Crippen LogP contribution in [0, 0.1) is 11.8 Å². The molecule has 0 saturated heterocycles. The minimum Gasteiger partial charge on any atom is -0.481 e. The third-order valence-electron chi connectivity index (χ3n) is 6.44. The van der Waals surface area contributed by atoms with E-state index >= 15 is 0 Å². The standard InChI is InChI=1S/C12H36O4Si5.C10H28O2Si3.C8H12O4.2CH4/c1-17(2,3)13-19(7,8)15-21(11,12)16-20(9,10)14-18(4,5)6;1-9-10-14(5,6)12-15(7,8)11-13(2,3)4;9-7(10)4-6(8(11)12)5-2-1-3-5;;/h1-12H3;9-10H2,1-8H3;5-6H,1-4H2,(H,9,10)(H,11,12);2*1H4. The molecule has 2 N–H and O–H groups in total. The van der Waals surface area contributed by atoms with E-state index in [1.807, 2.05) is 0 Å². The van der Waals surface area contributed by atoms with Crippen LogP contribution in [0.4, 0.5) is 0 Å². The Morgan fingerprint density at radius 2 is 0.860 bits per heavy atom. The maximum absolute atomic E-state index is 10.6. The molecule has 1 aliphatic carbocycles. The van der Waals surface area contributed by atoms with E-state index in [4.69, 9.17) is 34.9 Å². The summed E-state index contributed by atoms with van der Waals surface area (Å²) < 4.78 is 37.8. The number of carbonyl (C=O) groups is 2. The van der Waals surface area contributed by atoms with Crippen LogP contribution in [0.2, 0.25) is 130 Å². The largest absolute Gasteiger partial charge is 0.481 e. The number of carboxylic acids is 2. The van der Waals surface area contributed by atoms with Gasteiger partial charge in [-0.15, -0.1) is 0 Å². The fourth-order valence-electron chi connectivity index (χ4n) is 6.28. The van der Waals surface area contributed by atoms with Crippen molar-refractivity contribution in [3.8, 4) is 0 Å². The summed E-state index contributed by atoms with van der Waals surface area (Å²) in [7, 11) is -14.6. The van der Waals surface area contributed by atoms with E-state index in [0.717, 1.165) is 19.3 Å². The van der Waals surface area contributed by atoms with Gasteiger partial charge in [0.05, 0.1) is 12.3 Å². The molecule has 0 amide bonds. The molecule has 1 unspecified atom stereocenters. The molecule has 1 aliphatic rings. The molecule has 304 valence electrons. The summed E-state index contributed by atoms with van der Waals surface area (Å²) in [5, 5.41) is 17.1. The summed E-state index contributed by atoms with van der Waals surface area (Å²) in [6.45, 7) is 43.8. The number of rotatable bonds is 18. The van der Waals surface area contributed by atoms with Gasteiger partial charge in [0.15, 0.2) is 33.3 Å². The van der Waals surface area contributed by atoms with Crippen LogP contribution in [0.3, 0.4) is 0 Å². The average molecular weight is 854 g/mol. The molecule has 18 heteroatoms. The van der Waals surface area contributed by atoms with E-state index in [1.165, 1.54) is 12.5 Å². The van der Waals surface area contributed by atoms with E-state index in [1.54, 1.807) is 0 Å². The minimum absolute atomic E-state index is 0. The van der Waals surface area contributed by atoms with Crippen molar-refractivity contribution in [3.05, 3.63) is 0 Å². The van der Waals surface area contributed by atoms with Gasteiger partial charge in [0.1, 0.15) is 0 Å². The highest BCUT2D eigenvalue weighted by molar-refractivity contribution is 6.90. The Bertz CT molecular complexity index is 953. The van der Waals surface area contributed by atoms with Gasteiger partial charge in [0.2, 0.25) is 0 Å². The SMILES string of the molecule is C.C.CCC[Si](C)(C)O[Si](C)(C)O[Si](C)(C)C.C[Si](C)(C)O[Si](C)(C)O[Si](C)(C)O[Si](C)(C)O[Si](C)(C)C.O=C(O)CC(C(=O)O)C1CCC1. The minimum atomic E-state index is -2.26. The highest BCUT2D eigenvalue weighted by Gasteiger charge is 2.44. The van der Waals surface area contributed by atoms with Crippen molar-refractivity contribution >= 4 is 79.5 Å². The van der Waals surface area contributed by atoms with Gasteiger partial charge in [-0.1, -0.05) is 34.6 Å². The lowest BCUT2D eigenvalue weighted by atomic mass is 9.74. The van der Waals surface area contributed by atoms with Crippen LogP contribution in [0.25, 0.3) is 0 Å². The molecule has 1 fully saturated rings. The van der Waals surface area contributed by atoms with Gasteiger partial charge in [0.25, 0.3) is 0 Å². The van der Waals surface area contributed by atoms with Crippen molar-refractivity contribution < 1.29 is 44.5 Å². The van der Waals surface area contributed by atoms with Gasteiger partial charge in [-0.3, -0.25) is 9.59 Å². The fourth-order valence-corrected chi connectivity index (χ4v) is 42.6. The predicted molar refractivity (Wildman–Crippen MR) is 233 cm³/mol. The predicted octanol–water partition coefficient (Wildman–Crippen LogP) is 11.2. The summed E-state index contributed by atoms with van der Waals surface area (Å²) in [4.78, 5) is 20.9. The molecule has 10 nitrogen and oxygen atoms in total. The third-order valence-corrected chi connectivity index (χ3v) is 33.4. The van der Waals surface area contributed by atoms with Crippen LogP contribution < -0.4 is 0 Å². The second-order valence-corrected chi connectivity index (χ2v) is 51.1. The number of carboxylic acid groups (broad SMARTS) is 2. The molecular weight excluding hydrogens is 769 g/mol. The summed E-state index contributed by atoms with van der Waals surface area (Å²) in [5.41, 5.74) is 0. The molecule has 0 aromatic carbocycles. The molecule has 0 aromatic rings. The van der Waals surface area contributed by atoms with Crippen molar-refractivity contribution in [2.45, 2.75) is 184 Å². The highest BCUT2D eigenvalue weighted by atomic mass is 28.5. The molecule has 50 heavy (non-hydrogen) atoms. The van der Waals surface area contributed by atoms with Crippen molar-refractivity contribution in [2.75, 3.05) is 0 Å². The molecule has 1 atom stereocenters. The van der Waals surface area contributed by atoms with Gasteiger partial charge in [0, 0.05) is 0 Å². The molecule has 1 saturated carbocycles. The smallest absolute Gasteiger partial charge is 0.314 e. The van der Waals surface area contributed by atoms with Gasteiger partial charge in [-0.25, -0.2) is 0 Å². The molecule has 0 spiro atoms. The number of hydrogen-bond acceptors (Lipinski definition) is 8. The number of aliphatic carboxylic acids is 2. The van der Waals surface area contributed by atoms with Crippen molar-refractivity contribution in [1.29, 1.82) is 0 Å². The van der Waals surface area contributed by atoms with Gasteiger partial charge in [-0.05, 0) is 149 Å². The number of hydrogen-bond donors (Lipinski definition) is 2. The van der Waals surface area contributed by atoms with E-state index in [-0.39, 0.29) is 27.2 Å². The Morgan fingerprint density at radius 3 is 1.08 bits per heavy atom. The molecule has 0 aromatic heterocycles. The van der Waals surface area contributed by atoms with Gasteiger partial charge >= 0.3 is 46.2 Å². The Kier molecular flexibility index (Phi) is 25.3. The first kappa shape index (κ1) is 57.2. The van der Waals surface area contributed by atoms with Crippen LogP contribution >= 0.6 is 0 Å². The van der Waals surface area contributed by atoms with E-state index in [0.29, 0.717) is 0 Å². The quantitative estimate of drug-likeness (QED) is 0.129. The molecule has 0 bridgehead atoms. The first-order valence-corrected chi connectivity index (χ1v) is 42.2. The maximum Gasteiger partial charge on any atom is 0.314 e. The second kappa shape index (κ2) is 22.1. The fraction of sp³-hybridized carbons (Fsp3) is 0.938. The topological polar surface area (TPSA) is 130 Å². The second-order valence-electron chi connectivity index (χ2n) is 18.3. The zero-order chi connectivity index (χ0) is 38.8. The third kappa shape index (κ3) is 31.9. The van der Waals surface area contributed by atoms with Gasteiger partial charge < -0.3 is 34.9 Å². The van der Waals surface area contributed by atoms with Crippen LogP contribution in [0.1, 0.15) is 53.9 Å². The Morgan fingerprint density at radius 1 is 0.560 bits per heavy atom. The summed E-state index contributed by atoms with van der Waals surface area (Å²) in [6, 6.07) is 1.23. The lowest BCUT2D eigenvalue weighted by Crippen LogP contribution is -2.58. The Labute approximate surface area is 318 Å². The van der Waals surface area contributed by atoms with Crippen LogP contribution in [-0.2, 0) is 34.3 Å². The molecule has 0 heterocycles. The zero-order valence-electron chi connectivity index (χ0n) is 34.6. The zero-order valence-corrected chi connectivity index (χ0v) is 42.6. The van der Waals surface area contributed by atoms with E-state index < -0.39 is 85.4 Å². The van der Waals surface area contributed by atoms with Crippen LogP contribution in [-0.4, -0.2) is 89.7 Å². The first-order chi connectivity index (χ1) is 20.9. The Balaban J connectivity index is -0.000000323. The first-order valence-electron chi connectivity index (χ1n) is 17.6. The monoisotopic (exact) mass is 852 g/mol. The normalized spacial score (nSPS) is 15.5. The van der Waals surface area contributed by atoms with Crippen LogP contribution in [0.15, 0.2) is 0 Å². The van der Waals surface area contributed by atoms with E-state index in [9.17, 15) is 9.59 Å². The highest BCUT2D eigenvalue weighted by Crippen LogP contribution is 2.35. The van der Waals surface area contributed by atoms with Crippen molar-refractivity contribution in [1.82, 2.24) is 0 Å². The van der Waals surface area contributed by atoms with Crippen molar-refractivity contribution in [2.24, 2.45) is 11.8 Å². The van der Waals surface area contributed by atoms with Gasteiger partial charge in [-0.2, -0.15) is 0 Å². The molecule has 0 aliphatic heterocycles. The molecule has 1 rings (SSSR count). The summed E-state index contributed by atoms with van der Waals surface area (Å²) in [5.74, 6) is -2.56. The maximum atomic E-state index is 10.6. The summed E-state index contributed by atoms with van der Waals surface area (Å²) in [6.07, 6.45) is 3.75. The van der Waals surface area contributed by atoms with Crippen LogP contribution in [0.5, 0.6) is 0 Å². The summed E-state index contributed by atoms with van der Waals surface area (Å²) >= 11 is 0. The van der Waals surface area contributed by atoms with E-state index in [2.05, 4.69) is 131 Å². The average Bonchev–Trinajstić information content (AvgIpc) is 2.63. The lowest BCUT2D eigenvalue weighted by Gasteiger charge is -2.41. The van der Waals surface area contributed by atoms with Crippen molar-refractivity contribution in [3.63, 3.8) is 0 Å². The Hall–Kier alpha value is 0.435.